The van der Waals surface area contributed by atoms with Gasteiger partial charge in [0.25, 0.3) is 0 Å². The number of anilines is 1. The summed E-state index contributed by atoms with van der Waals surface area (Å²) in [6, 6.07) is 6.01. The molecule has 2 aromatic rings. The monoisotopic (exact) mass is 324 g/mol. The zero-order chi connectivity index (χ0) is 15.9. The van der Waals surface area contributed by atoms with Crippen LogP contribution in [-0.2, 0) is 6.54 Å². The Balaban J connectivity index is 1.81. The van der Waals surface area contributed by atoms with E-state index in [4.69, 9.17) is 11.6 Å². The maximum atomic E-state index is 13.0. The molecular formula is C14H11ClF2N4O. The number of aliphatic imine (C=N–C) groups is 1. The number of carbonyl (C=O) groups excluding carboxylic acids is 1. The lowest BCUT2D eigenvalue weighted by Crippen LogP contribution is -2.19. The van der Waals surface area contributed by atoms with E-state index < -0.39 is 17.7 Å². The molecule has 0 aliphatic heterocycles. The van der Waals surface area contributed by atoms with Crippen LogP contribution in [0.4, 0.5) is 19.3 Å². The maximum Gasteiger partial charge on any atom is 0.342 e. The molecule has 1 heterocycles. The van der Waals surface area contributed by atoms with Crippen LogP contribution in [0.2, 0.25) is 5.15 Å². The fourth-order valence-corrected chi connectivity index (χ4v) is 1.61. The van der Waals surface area contributed by atoms with E-state index in [0.717, 1.165) is 12.1 Å². The molecule has 0 atom stereocenters. The minimum Gasteiger partial charge on any atom is -0.345 e. The smallest absolute Gasteiger partial charge is 0.342 e. The molecule has 2 rings (SSSR count). The Bertz CT molecular complexity index is 692. The van der Waals surface area contributed by atoms with Gasteiger partial charge in [-0.1, -0.05) is 17.7 Å². The first-order valence-corrected chi connectivity index (χ1v) is 6.55. The van der Waals surface area contributed by atoms with E-state index in [2.05, 4.69) is 20.6 Å². The number of amides is 2. The average molecular weight is 325 g/mol. The summed E-state index contributed by atoms with van der Waals surface area (Å²) < 4.78 is 25.7. The number of hydrogen-bond donors (Lipinski definition) is 2. The third-order valence-corrected chi connectivity index (χ3v) is 2.79. The zero-order valence-corrected chi connectivity index (χ0v) is 11.9. The SMILES string of the molecule is O=C(/N=C/Nc1ccc(Cl)nc1)NCc1ccc(F)c(F)c1. The molecule has 8 heteroatoms. The highest BCUT2D eigenvalue weighted by molar-refractivity contribution is 6.29. The number of urea groups is 1. The van der Waals surface area contributed by atoms with E-state index in [1.54, 1.807) is 12.1 Å². The number of nitrogens with zero attached hydrogens (tertiary/aromatic N) is 2. The van der Waals surface area contributed by atoms with Crippen LogP contribution in [0.1, 0.15) is 5.56 Å². The van der Waals surface area contributed by atoms with Crippen molar-refractivity contribution in [2.45, 2.75) is 6.54 Å². The summed E-state index contributed by atoms with van der Waals surface area (Å²) in [4.78, 5) is 18.9. The lowest BCUT2D eigenvalue weighted by atomic mass is 10.2. The van der Waals surface area contributed by atoms with Gasteiger partial charge >= 0.3 is 6.03 Å². The molecule has 2 N–H and O–H groups in total. The van der Waals surface area contributed by atoms with Gasteiger partial charge in [-0.05, 0) is 29.8 Å². The second kappa shape index (κ2) is 7.46. The minimum absolute atomic E-state index is 0.0376. The zero-order valence-electron chi connectivity index (χ0n) is 11.2. The Morgan fingerprint density at radius 2 is 2.09 bits per heavy atom. The van der Waals surface area contributed by atoms with Gasteiger partial charge in [0.2, 0.25) is 0 Å². The number of carbonyl (C=O) groups is 1. The molecule has 1 aromatic carbocycles. The lowest BCUT2D eigenvalue weighted by molar-refractivity contribution is 0.249. The highest BCUT2D eigenvalue weighted by Crippen LogP contribution is 2.09. The highest BCUT2D eigenvalue weighted by atomic mass is 35.5. The van der Waals surface area contributed by atoms with E-state index in [1.165, 1.54) is 18.6 Å². The molecule has 0 aliphatic rings. The third-order valence-electron chi connectivity index (χ3n) is 2.57. The predicted octanol–water partition coefficient (Wildman–Crippen LogP) is 3.36. The predicted molar refractivity (Wildman–Crippen MR) is 80.0 cm³/mol. The summed E-state index contributed by atoms with van der Waals surface area (Å²) in [5.41, 5.74) is 1.04. The molecule has 22 heavy (non-hydrogen) atoms. The van der Waals surface area contributed by atoms with Gasteiger partial charge in [-0.15, -0.1) is 0 Å². The fourth-order valence-electron chi connectivity index (χ4n) is 1.50. The molecule has 5 nitrogen and oxygen atoms in total. The van der Waals surface area contributed by atoms with Crippen molar-refractivity contribution in [2.75, 3.05) is 5.32 Å². The van der Waals surface area contributed by atoms with Crippen molar-refractivity contribution in [3.63, 3.8) is 0 Å². The Labute approximate surface area is 130 Å². The van der Waals surface area contributed by atoms with E-state index in [0.29, 0.717) is 16.4 Å². The normalized spacial score (nSPS) is 10.7. The van der Waals surface area contributed by atoms with Gasteiger partial charge in [0.05, 0.1) is 18.2 Å². The van der Waals surface area contributed by atoms with E-state index in [1.807, 2.05) is 0 Å². The molecular weight excluding hydrogens is 314 g/mol. The van der Waals surface area contributed by atoms with Gasteiger partial charge in [0, 0.05) is 6.54 Å². The Kier molecular flexibility index (Phi) is 5.37. The molecule has 0 saturated heterocycles. The van der Waals surface area contributed by atoms with Crippen molar-refractivity contribution in [3.8, 4) is 0 Å². The summed E-state index contributed by atoms with van der Waals surface area (Å²) >= 11 is 5.63. The fraction of sp³-hybridized carbons (Fsp3) is 0.0714. The van der Waals surface area contributed by atoms with E-state index in [-0.39, 0.29) is 6.54 Å². The van der Waals surface area contributed by atoms with Crippen LogP contribution >= 0.6 is 11.6 Å². The Hall–Kier alpha value is -2.54. The summed E-state index contributed by atoms with van der Waals surface area (Å²) in [7, 11) is 0. The quantitative estimate of drug-likeness (QED) is 0.515. The molecule has 0 unspecified atom stereocenters. The van der Waals surface area contributed by atoms with Crippen molar-refractivity contribution < 1.29 is 13.6 Å². The van der Waals surface area contributed by atoms with Crippen molar-refractivity contribution >= 4 is 29.7 Å². The number of halogens is 3. The molecule has 0 spiro atoms. The summed E-state index contributed by atoms with van der Waals surface area (Å²) in [5.74, 6) is -1.90. The Morgan fingerprint density at radius 1 is 1.27 bits per heavy atom. The van der Waals surface area contributed by atoms with Crippen LogP contribution in [0.3, 0.4) is 0 Å². The molecule has 0 saturated carbocycles. The van der Waals surface area contributed by atoms with Gasteiger partial charge in [-0.25, -0.2) is 18.6 Å². The molecule has 1 aromatic heterocycles. The Morgan fingerprint density at radius 3 is 2.77 bits per heavy atom. The van der Waals surface area contributed by atoms with Crippen molar-refractivity contribution in [1.29, 1.82) is 0 Å². The van der Waals surface area contributed by atoms with Gasteiger partial charge in [0.1, 0.15) is 5.15 Å². The van der Waals surface area contributed by atoms with Gasteiger partial charge in [0.15, 0.2) is 11.6 Å². The molecule has 0 bridgehead atoms. The molecule has 114 valence electrons. The van der Waals surface area contributed by atoms with Crippen LogP contribution in [-0.4, -0.2) is 17.4 Å². The second-order valence-corrected chi connectivity index (χ2v) is 4.57. The third kappa shape index (κ3) is 4.78. The molecule has 2 amide bonds. The first-order valence-electron chi connectivity index (χ1n) is 6.17. The molecule has 0 aliphatic carbocycles. The summed E-state index contributed by atoms with van der Waals surface area (Å²) in [6.45, 7) is 0.0376. The first-order chi connectivity index (χ1) is 10.5. The van der Waals surface area contributed by atoms with Crippen LogP contribution in [0.5, 0.6) is 0 Å². The van der Waals surface area contributed by atoms with Gasteiger partial charge in [-0.2, -0.15) is 4.99 Å². The molecule has 0 radical (unpaired) electrons. The number of hydrogen-bond acceptors (Lipinski definition) is 2. The lowest BCUT2D eigenvalue weighted by Gasteiger charge is -2.03. The average Bonchev–Trinajstić information content (AvgIpc) is 2.50. The van der Waals surface area contributed by atoms with Crippen molar-refractivity contribution in [3.05, 3.63) is 58.9 Å². The van der Waals surface area contributed by atoms with Gasteiger partial charge in [-0.3, -0.25) is 0 Å². The highest BCUT2D eigenvalue weighted by Gasteiger charge is 2.03. The number of rotatable bonds is 4. The van der Waals surface area contributed by atoms with Crippen LogP contribution in [0.15, 0.2) is 41.5 Å². The maximum absolute atomic E-state index is 13.0. The van der Waals surface area contributed by atoms with Crippen molar-refractivity contribution in [1.82, 2.24) is 10.3 Å². The minimum atomic E-state index is -0.966. The standard InChI is InChI=1S/C14H11ClF2N4O/c15-13-4-2-10(7-18-13)20-8-21-14(22)19-6-9-1-3-11(16)12(17)5-9/h1-5,7-8H,6H2,(H2,19,20,21,22). The van der Waals surface area contributed by atoms with Crippen molar-refractivity contribution in [2.24, 2.45) is 4.99 Å². The van der Waals surface area contributed by atoms with Gasteiger partial charge < -0.3 is 10.6 Å². The van der Waals surface area contributed by atoms with Crippen LogP contribution in [0.25, 0.3) is 0 Å². The number of nitrogens with one attached hydrogen (secondary N) is 2. The van der Waals surface area contributed by atoms with E-state index in [9.17, 15) is 13.6 Å². The number of benzene rings is 1. The van der Waals surface area contributed by atoms with Crippen LogP contribution < -0.4 is 10.6 Å². The largest absolute Gasteiger partial charge is 0.345 e. The van der Waals surface area contributed by atoms with E-state index >= 15 is 0 Å². The molecule has 0 fully saturated rings. The summed E-state index contributed by atoms with van der Waals surface area (Å²) in [5, 5.41) is 5.53. The summed E-state index contributed by atoms with van der Waals surface area (Å²) in [6.07, 6.45) is 2.67. The number of pyridine rings is 1. The number of aromatic nitrogens is 1. The topological polar surface area (TPSA) is 66.4 Å². The first kappa shape index (κ1) is 15.8. The van der Waals surface area contributed by atoms with Crippen LogP contribution in [0, 0.1) is 11.6 Å². The second-order valence-electron chi connectivity index (χ2n) is 4.18.